The molecular formula is C22H22F2N2O2. The molecule has 1 amide bonds. The van der Waals surface area contributed by atoms with Crippen LogP contribution >= 0.6 is 0 Å². The highest BCUT2D eigenvalue weighted by Crippen LogP contribution is 2.35. The van der Waals surface area contributed by atoms with Gasteiger partial charge in [-0.15, -0.1) is 0 Å². The second-order valence-corrected chi connectivity index (χ2v) is 7.21. The van der Waals surface area contributed by atoms with Crippen LogP contribution in [0.5, 0.6) is 0 Å². The lowest BCUT2D eigenvalue weighted by Gasteiger charge is -2.22. The predicted molar refractivity (Wildman–Crippen MR) is 103 cm³/mol. The molecular weight excluding hydrogens is 362 g/mol. The van der Waals surface area contributed by atoms with Gasteiger partial charge in [-0.25, -0.2) is 13.8 Å². The van der Waals surface area contributed by atoms with Crippen LogP contribution in [-0.2, 0) is 4.79 Å². The van der Waals surface area contributed by atoms with Crippen molar-refractivity contribution in [3.05, 3.63) is 53.9 Å². The molecule has 4 rings (SSSR count). The van der Waals surface area contributed by atoms with E-state index in [1.165, 1.54) is 12.1 Å². The summed E-state index contributed by atoms with van der Waals surface area (Å²) < 4.78 is 33.2. The van der Waals surface area contributed by atoms with Crippen LogP contribution in [0.3, 0.4) is 0 Å². The molecule has 1 saturated heterocycles. The number of carbonyl (C=O) groups excluding carboxylic acids is 1. The Bertz CT molecular complexity index is 1010. The number of oxazole rings is 1. The summed E-state index contributed by atoms with van der Waals surface area (Å²) in [6, 6.07) is 8.56. The molecule has 6 heteroatoms. The third-order valence-electron chi connectivity index (χ3n) is 5.25. The van der Waals surface area contributed by atoms with Gasteiger partial charge in [0.15, 0.2) is 5.58 Å². The molecule has 146 valence electrons. The lowest BCUT2D eigenvalue weighted by molar-refractivity contribution is -0.132. The van der Waals surface area contributed by atoms with Gasteiger partial charge in [0.05, 0.1) is 0 Å². The molecule has 1 aliphatic heterocycles. The van der Waals surface area contributed by atoms with Crippen LogP contribution in [0.15, 0.2) is 40.8 Å². The minimum Gasteiger partial charge on any atom is -0.438 e. The van der Waals surface area contributed by atoms with Crippen molar-refractivity contribution in [1.29, 1.82) is 0 Å². The van der Waals surface area contributed by atoms with E-state index in [-0.39, 0.29) is 11.9 Å². The third kappa shape index (κ3) is 3.51. The summed E-state index contributed by atoms with van der Waals surface area (Å²) in [5, 5.41) is 0. The largest absolute Gasteiger partial charge is 0.438 e. The maximum atomic E-state index is 14.1. The molecule has 0 unspecified atom stereocenters. The molecule has 2 heterocycles. The summed E-state index contributed by atoms with van der Waals surface area (Å²) in [4.78, 5) is 18.9. The Balaban J connectivity index is 1.64. The maximum absolute atomic E-state index is 14.1. The van der Waals surface area contributed by atoms with Gasteiger partial charge in [-0.1, -0.05) is 19.4 Å². The lowest BCUT2D eigenvalue weighted by Crippen LogP contribution is -2.30. The normalized spacial score (nSPS) is 16.8. The van der Waals surface area contributed by atoms with Crippen LogP contribution in [-0.4, -0.2) is 22.3 Å². The van der Waals surface area contributed by atoms with E-state index in [2.05, 4.69) is 11.9 Å². The van der Waals surface area contributed by atoms with Crippen molar-refractivity contribution < 1.29 is 18.0 Å². The van der Waals surface area contributed by atoms with E-state index in [4.69, 9.17) is 4.42 Å². The van der Waals surface area contributed by atoms with Crippen LogP contribution in [0.4, 0.5) is 8.78 Å². The highest BCUT2D eigenvalue weighted by molar-refractivity contribution is 5.81. The molecule has 0 saturated carbocycles. The average molecular weight is 384 g/mol. The molecule has 1 fully saturated rings. The van der Waals surface area contributed by atoms with E-state index >= 15 is 0 Å². The predicted octanol–water partition coefficient (Wildman–Crippen LogP) is 5.63. The van der Waals surface area contributed by atoms with Gasteiger partial charge in [0.2, 0.25) is 11.8 Å². The topological polar surface area (TPSA) is 46.3 Å². The highest BCUT2D eigenvalue weighted by atomic mass is 19.1. The number of aromatic nitrogens is 1. The summed E-state index contributed by atoms with van der Waals surface area (Å²) in [6.45, 7) is 2.79. The van der Waals surface area contributed by atoms with Crippen LogP contribution in [0.25, 0.3) is 22.2 Å². The van der Waals surface area contributed by atoms with Gasteiger partial charge in [0, 0.05) is 24.6 Å². The van der Waals surface area contributed by atoms with Crippen molar-refractivity contribution in [2.24, 2.45) is 0 Å². The summed E-state index contributed by atoms with van der Waals surface area (Å²) >= 11 is 0. The van der Waals surface area contributed by atoms with Gasteiger partial charge in [0.1, 0.15) is 23.2 Å². The smallest absolute Gasteiger partial charge is 0.223 e. The second kappa shape index (κ2) is 7.70. The fraction of sp³-hybridized carbons (Fsp3) is 0.364. The maximum Gasteiger partial charge on any atom is 0.223 e. The van der Waals surface area contributed by atoms with Gasteiger partial charge >= 0.3 is 0 Å². The van der Waals surface area contributed by atoms with Gasteiger partial charge in [-0.2, -0.15) is 0 Å². The number of hydrogen-bond donors (Lipinski definition) is 0. The van der Waals surface area contributed by atoms with Crippen LogP contribution in [0, 0.1) is 11.6 Å². The lowest BCUT2D eigenvalue weighted by atomic mass is 10.0. The monoisotopic (exact) mass is 384 g/mol. The number of nitrogens with zero attached hydrogens (tertiary/aromatic N) is 2. The molecule has 1 atom stereocenters. The Morgan fingerprint density at radius 2 is 2.11 bits per heavy atom. The standard InChI is InChI=1S/C22H22F2N2O2/c1-2-3-6-21(27)26-11-4-5-19(26)22-25-18-12-14(7-10-20(18)28-22)16-9-8-15(23)13-17(16)24/h7-10,12-13,19H,2-6,11H2,1H3/t19-/m0/s1. The Hall–Kier alpha value is -2.76. The molecule has 28 heavy (non-hydrogen) atoms. The van der Waals surface area contributed by atoms with Gasteiger partial charge in [-0.3, -0.25) is 4.79 Å². The molecule has 0 N–H and O–H groups in total. The van der Waals surface area contributed by atoms with E-state index in [1.807, 2.05) is 4.90 Å². The van der Waals surface area contributed by atoms with Crippen molar-refractivity contribution in [2.75, 3.05) is 6.54 Å². The minimum absolute atomic E-state index is 0.140. The Kier molecular flexibility index (Phi) is 5.11. The first-order valence-corrected chi connectivity index (χ1v) is 9.72. The average Bonchev–Trinajstić information content (AvgIpc) is 3.32. The number of hydrogen-bond acceptors (Lipinski definition) is 3. The summed E-state index contributed by atoms with van der Waals surface area (Å²) in [6.07, 6.45) is 4.15. The van der Waals surface area contributed by atoms with Gasteiger partial charge in [0.25, 0.3) is 0 Å². The molecule has 0 bridgehead atoms. The minimum atomic E-state index is -0.619. The second-order valence-electron chi connectivity index (χ2n) is 7.21. The number of likely N-dealkylation sites (tertiary alicyclic amines) is 1. The molecule has 0 spiro atoms. The van der Waals surface area contributed by atoms with E-state index in [9.17, 15) is 13.6 Å². The number of fused-ring (bicyclic) bond motifs is 1. The fourth-order valence-corrected chi connectivity index (χ4v) is 3.77. The molecule has 0 aliphatic carbocycles. The third-order valence-corrected chi connectivity index (χ3v) is 5.25. The zero-order chi connectivity index (χ0) is 19.7. The Morgan fingerprint density at radius 1 is 1.25 bits per heavy atom. The van der Waals surface area contributed by atoms with Crippen molar-refractivity contribution >= 4 is 17.0 Å². The van der Waals surface area contributed by atoms with E-state index in [0.717, 1.165) is 38.3 Å². The first kappa shape index (κ1) is 18.6. The van der Waals surface area contributed by atoms with Crippen molar-refractivity contribution in [3.63, 3.8) is 0 Å². The Labute approximate surface area is 162 Å². The first-order chi connectivity index (χ1) is 13.6. The van der Waals surface area contributed by atoms with Gasteiger partial charge in [-0.05, 0) is 49.1 Å². The molecule has 4 nitrogen and oxygen atoms in total. The summed E-state index contributed by atoms with van der Waals surface area (Å²) in [5.41, 5.74) is 2.11. The van der Waals surface area contributed by atoms with Crippen molar-refractivity contribution in [1.82, 2.24) is 9.88 Å². The van der Waals surface area contributed by atoms with E-state index in [0.29, 0.717) is 34.5 Å². The van der Waals surface area contributed by atoms with Crippen molar-refractivity contribution in [3.8, 4) is 11.1 Å². The van der Waals surface area contributed by atoms with Crippen LogP contribution in [0.2, 0.25) is 0 Å². The Morgan fingerprint density at radius 3 is 2.89 bits per heavy atom. The summed E-state index contributed by atoms with van der Waals surface area (Å²) in [5.74, 6) is -0.568. The highest BCUT2D eigenvalue weighted by Gasteiger charge is 2.33. The molecule has 1 aliphatic rings. The molecule has 3 aromatic rings. The molecule has 2 aromatic carbocycles. The number of benzene rings is 2. The van der Waals surface area contributed by atoms with Crippen LogP contribution < -0.4 is 0 Å². The number of amides is 1. The zero-order valence-corrected chi connectivity index (χ0v) is 15.8. The van der Waals surface area contributed by atoms with Crippen molar-refractivity contribution in [2.45, 2.75) is 45.1 Å². The van der Waals surface area contributed by atoms with Crippen LogP contribution in [0.1, 0.15) is 51.0 Å². The molecule has 1 aromatic heterocycles. The number of halogens is 2. The quantitative estimate of drug-likeness (QED) is 0.573. The number of rotatable bonds is 5. The van der Waals surface area contributed by atoms with E-state index < -0.39 is 11.6 Å². The fourth-order valence-electron chi connectivity index (χ4n) is 3.77. The first-order valence-electron chi connectivity index (χ1n) is 9.72. The molecule has 0 radical (unpaired) electrons. The zero-order valence-electron chi connectivity index (χ0n) is 15.8. The number of carbonyl (C=O) groups is 1. The SMILES string of the molecule is CCCCC(=O)N1CCC[C@H]1c1nc2cc(-c3ccc(F)cc3F)ccc2o1. The number of unbranched alkanes of at least 4 members (excludes halogenated alkanes) is 1. The van der Waals surface area contributed by atoms with E-state index in [1.54, 1.807) is 18.2 Å². The summed E-state index contributed by atoms with van der Waals surface area (Å²) in [7, 11) is 0. The van der Waals surface area contributed by atoms with Gasteiger partial charge < -0.3 is 9.32 Å².